The SMILES string of the molecule is O=C(/C=C\c1ccc2c(c1)OCCO2)N(Cc1ccc(Br)cc1)Cc1ccccn1. The van der Waals surface area contributed by atoms with E-state index in [1.54, 1.807) is 23.2 Å². The van der Waals surface area contributed by atoms with Crippen molar-refractivity contribution in [2.24, 2.45) is 0 Å². The normalized spacial score (nSPS) is 12.7. The number of carbonyl (C=O) groups is 1. The molecule has 2 heterocycles. The van der Waals surface area contributed by atoms with Crippen LogP contribution in [0.4, 0.5) is 0 Å². The van der Waals surface area contributed by atoms with E-state index in [0.29, 0.717) is 32.1 Å². The third kappa shape index (κ3) is 5.27. The van der Waals surface area contributed by atoms with Crippen LogP contribution in [0.3, 0.4) is 0 Å². The number of hydrogen-bond acceptors (Lipinski definition) is 4. The van der Waals surface area contributed by atoms with Crippen molar-refractivity contribution in [3.05, 3.63) is 94.2 Å². The van der Waals surface area contributed by atoms with E-state index in [2.05, 4.69) is 20.9 Å². The first-order chi connectivity index (χ1) is 14.7. The Hall–Kier alpha value is -3.12. The Kier molecular flexibility index (Phi) is 6.44. The molecule has 30 heavy (non-hydrogen) atoms. The summed E-state index contributed by atoms with van der Waals surface area (Å²) in [6.45, 7) is 2.01. The Balaban J connectivity index is 1.52. The van der Waals surface area contributed by atoms with Crippen LogP contribution in [0.5, 0.6) is 11.5 Å². The molecule has 5 nitrogen and oxygen atoms in total. The van der Waals surface area contributed by atoms with Crippen molar-refractivity contribution in [3.8, 4) is 11.5 Å². The average molecular weight is 465 g/mol. The quantitative estimate of drug-likeness (QED) is 0.488. The molecule has 0 N–H and O–H groups in total. The lowest BCUT2D eigenvalue weighted by Crippen LogP contribution is -2.28. The predicted octanol–water partition coefficient (Wildman–Crippen LogP) is 4.86. The van der Waals surface area contributed by atoms with Crippen molar-refractivity contribution in [2.75, 3.05) is 13.2 Å². The first kappa shape index (κ1) is 20.2. The minimum atomic E-state index is -0.0848. The summed E-state index contributed by atoms with van der Waals surface area (Å²) in [5.74, 6) is 1.35. The van der Waals surface area contributed by atoms with Crippen molar-refractivity contribution < 1.29 is 14.3 Å². The molecule has 0 aliphatic carbocycles. The molecule has 1 aromatic heterocycles. The average Bonchev–Trinajstić information content (AvgIpc) is 2.79. The zero-order valence-corrected chi connectivity index (χ0v) is 17.9. The fraction of sp³-hybridized carbons (Fsp3) is 0.167. The van der Waals surface area contributed by atoms with Crippen LogP contribution in [-0.2, 0) is 17.9 Å². The van der Waals surface area contributed by atoms with Gasteiger partial charge in [0.2, 0.25) is 5.91 Å². The number of pyridine rings is 1. The standard InChI is InChI=1S/C24H21BrN2O3/c25-20-8-4-19(5-9-20)16-27(17-21-3-1-2-12-26-21)24(28)11-7-18-6-10-22-23(15-18)30-14-13-29-22/h1-12,15H,13-14,16-17H2/b11-7-. The third-order valence-electron chi connectivity index (χ3n) is 4.66. The summed E-state index contributed by atoms with van der Waals surface area (Å²) in [5, 5.41) is 0. The highest BCUT2D eigenvalue weighted by molar-refractivity contribution is 9.10. The number of aromatic nitrogens is 1. The van der Waals surface area contributed by atoms with E-state index < -0.39 is 0 Å². The molecule has 152 valence electrons. The number of fused-ring (bicyclic) bond motifs is 1. The van der Waals surface area contributed by atoms with Crippen molar-refractivity contribution in [2.45, 2.75) is 13.1 Å². The van der Waals surface area contributed by atoms with Gasteiger partial charge in [0.25, 0.3) is 0 Å². The van der Waals surface area contributed by atoms with Crippen molar-refractivity contribution >= 4 is 27.9 Å². The number of rotatable bonds is 6. The van der Waals surface area contributed by atoms with Gasteiger partial charge >= 0.3 is 0 Å². The van der Waals surface area contributed by atoms with Gasteiger partial charge < -0.3 is 14.4 Å². The first-order valence-corrected chi connectivity index (χ1v) is 10.5. The number of halogens is 1. The van der Waals surface area contributed by atoms with Crippen LogP contribution in [0.15, 0.2) is 77.4 Å². The summed E-state index contributed by atoms with van der Waals surface area (Å²) in [5.41, 5.74) is 2.78. The van der Waals surface area contributed by atoms with Gasteiger partial charge in [0.1, 0.15) is 13.2 Å². The second-order valence-electron chi connectivity index (χ2n) is 6.88. The van der Waals surface area contributed by atoms with Crippen LogP contribution in [-0.4, -0.2) is 29.0 Å². The lowest BCUT2D eigenvalue weighted by Gasteiger charge is -2.21. The summed E-state index contributed by atoms with van der Waals surface area (Å²) in [6, 6.07) is 19.3. The maximum atomic E-state index is 13.0. The smallest absolute Gasteiger partial charge is 0.247 e. The summed E-state index contributed by atoms with van der Waals surface area (Å²) < 4.78 is 12.2. The summed E-state index contributed by atoms with van der Waals surface area (Å²) in [7, 11) is 0. The van der Waals surface area contributed by atoms with Crippen molar-refractivity contribution in [1.29, 1.82) is 0 Å². The van der Waals surface area contributed by atoms with Crippen LogP contribution in [0.25, 0.3) is 6.08 Å². The van der Waals surface area contributed by atoms with E-state index in [-0.39, 0.29) is 5.91 Å². The van der Waals surface area contributed by atoms with E-state index in [1.807, 2.05) is 60.7 Å². The largest absolute Gasteiger partial charge is 0.486 e. The fourth-order valence-corrected chi connectivity index (χ4v) is 3.41. The minimum absolute atomic E-state index is 0.0848. The molecule has 0 bridgehead atoms. The molecule has 0 radical (unpaired) electrons. The number of nitrogens with zero attached hydrogens (tertiary/aromatic N) is 2. The molecule has 1 amide bonds. The van der Waals surface area contributed by atoms with Gasteiger partial charge in [0.05, 0.1) is 12.2 Å². The van der Waals surface area contributed by atoms with Crippen molar-refractivity contribution in [1.82, 2.24) is 9.88 Å². The summed E-state index contributed by atoms with van der Waals surface area (Å²) in [4.78, 5) is 19.2. The maximum Gasteiger partial charge on any atom is 0.247 e. The Labute approximate surface area is 184 Å². The number of hydrogen-bond donors (Lipinski definition) is 0. The number of ether oxygens (including phenoxy) is 2. The Bertz CT molecular complexity index is 1040. The fourth-order valence-electron chi connectivity index (χ4n) is 3.15. The molecule has 0 saturated heterocycles. The highest BCUT2D eigenvalue weighted by Gasteiger charge is 2.14. The second kappa shape index (κ2) is 9.59. The lowest BCUT2D eigenvalue weighted by atomic mass is 10.1. The van der Waals surface area contributed by atoms with E-state index in [1.165, 1.54) is 0 Å². The van der Waals surface area contributed by atoms with E-state index in [0.717, 1.165) is 27.0 Å². The summed E-state index contributed by atoms with van der Waals surface area (Å²) in [6.07, 6.45) is 5.13. The highest BCUT2D eigenvalue weighted by Crippen LogP contribution is 2.31. The predicted molar refractivity (Wildman–Crippen MR) is 119 cm³/mol. The maximum absolute atomic E-state index is 13.0. The Morgan fingerprint density at radius 1 is 1.00 bits per heavy atom. The zero-order valence-electron chi connectivity index (χ0n) is 16.3. The Morgan fingerprint density at radius 2 is 1.80 bits per heavy atom. The molecule has 0 unspecified atom stereocenters. The van der Waals surface area contributed by atoms with Crippen LogP contribution in [0.1, 0.15) is 16.8 Å². The molecule has 3 aromatic rings. The number of benzene rings is 2. The second-order valence-corrected chi connectivity index (χ2v) is 7.79. The number of carbonyl (C=O) groups excluding carboxylic acids is 1. The van der Waals surface area contributed by atoms with E-state index in [4.69, 9.17) is 9.47 Å². The molecule has 6 heteroatoms. The van der Waals surface area contributed by atoms with Crippen LogP contribution < -0.4 is 9.47 Å². The van der Waals surface area contributed by atoms with Gasteiger partial charge in [-0.1, -0.05) is 40.2 Å². The molecule has 0 saturated carbocycles. The highest BCUT2D eigenvalue weighted by atomic mass is 79.9. The van der Waals surface area contributed by atoms with Gasteiger partial charge in [-0.25, -0.2) is 0 Å². The molecule has 0 spiro atoms. The molecular formula is C24H21BrN2O3. The van der Waals surface area contributed by atoms with Gasteiger partial charge in [-0.3, -0.25) is 9.78 Å². The van der Waals surface area contributed by atoms with E-state index >= 15 is 0 Å². The minimum Gasteiger partial charge on any atom is -0.486 e. The molecule has 2 aromatic carbocycles. The molecule has 1 aliphatic rings. The topological polar surface area (TPSA) is 51.7 Å². The zero-order chi connectivity index (χ0) is 20.8. The first-order valence-electron chi connectivity index (χ1n) is 9.68. The molecule has 0 atom stereocenters. The Morgan fingerprint density at radius 3 is 2.57 bits per heavy atom. The van der Waals surface area contributed by atoms with Crippen molar-refractivity contribution in [3.63, 3.8) is 0 Å². The number of amides is 1. The summed E-state index contributed by atoms with van der Waals surface area (Å²) >= 11 is 3.45. The van der Waals surface area contributed by atoms with Crippen LogP contribution in [0, 0.1) is 0 Å². The van der Waals surface area contributed by atoms with Gasteiger partial charge in [-0.15, -0.1) is 0 Å². The monoisotopic (exact) mass is 464 g/mol. The third-order valence-corrected chi connectivity index (χ3v) is 5.19. The van der Waals surface area contributed by atoms with Crippen LogP contribution >= 0.6 is 15.9 Å². The van der Waals surface area contributed by atoms with Gasteiger partial charge in [0, 0.05) is 23.3 Å². The van der Waals surface area contributed by atoms with Gasteiger partial charge in [-0.2, -0.15) is 0 Å². The molecule has 0 fully saturated rings. The van der Waals surface area contributed by atoms with E-state index in [9.17, 15) is 4.79 Å². The molecular weight excluding hydrogens is 444 g/mol. The van der Waals surface area contributed by atoms with Gasteiger partial charge in [-0.05, 0) is 53.6 Å². The van der Waals surface area contributed by atoms with Gasteiger partial charge in [0.15, 0.2) is 11.5 Å². The lowest BCUT2D eigenvalue weighted by molar-refractivity contribution is -0.127. The van der Waals surface area contributed by atoms with Crippen LogP contribution in [0.2, 0.25) is 0 Å². The molecule has 4 rings (SSSR count). The molecule has 1 aliphatic heterocycles.